The maximum Gasteiger partial charge on any atom is 0.317 e. The van der Waals surface area contributed by atoms with Gasteiger partial charge in [0.2, 0.25) is 5.91 Å². The first-order chi connectivity index (χ1) is 9.83. The van der Waals surface area contributed by atoms with Gasteiger partial charge in [0, 0.05) is 16.2 Å². The summed E-state index contributed by atoms with van der Waals surface area (Å²) in [6.07, 6.45) is 0.790. The Labute approximate surface area is 133 Å². The number of rotatable bonds is 7. The highest BCUT2D eigenvalue weighted by Gasteiger charge is 2.19. The fraction of sp³-hybridized carbons (Fsp3) is 0.467. The predicted octanol–water partition coefficient (Wildman–Crippen LogP) is 2.88. The SMILES string of the molecule is CCC(C)N(CC(=O)O)CC(=O)Nc1ccc(Br)cc1C. The lowest BCUT2D eigenvalue weighted by molar-refractivity contribution is -0.139. The molecule has 2 N–H and O–H groups in total. The monoisotopic (exact) mass is 356 g/mol. The van der Waals surface area contributed by atoms with Crippen LogP contribution in [0.5, 0.6) is 0 Å². The van der Waals surface area contributed by atoms with Crippen LogP contribution >= 0.6 is 15.9 Å². The number of aryl methyl sites for hydroxylation is 1. The van der Waals surface area contributed by atoms with Gasteiger partial charge in [-0.1, -0.05) is 22.9 Å². The average molecular weight is 357 g/mol. The third-order valence-corrected chi connectivity index (χ3v) is 3.86. The molecule has 0 spiro atoms. The Morgan fingerprint density at radius 2 is 2.05 bits per heavy atom. The van der Waals surface area contributed by atoms with Crippen molar-refractivity contribution in [2.45, 2.75) is 33.2 Å². The van der Waals surface area contributed by atoms with E-state index in [1.165, 1.54) is 0 Å². The molecule has 6 heteroatoms. The molecule has 1 rings (SSSR count). The molecule has 1 atom stereocenters. The second-order valence-corrected chi connectivity index (χ2v) is 5.98. The van der Waals surface area contributed by atoms with E-state index in [1.807, 2.05) is 39.0 Å². The second kappa shape index (κ2) is 8.14. The van der Waals surface area contributed by atoms with Crippen molar-refractivity contribution in [2.24, 2.45) is 0 Å². The number of hydrogen-bond acceptors (Lipinski definition) is 3. The van der Waals surface area contributed by atoms with Crippen LogP contribution in [-0.4, -0.2) is 41.0 Å². The smallest absolute Gasteiger partial charge is 0.317 e. The summed E-state index contributed by atoms with van der Waals surface area (Å²) in [6.45, 7) is 5.72. The van der Waals surface area contributed by atoms with Gasteiger partial charge in [-0.05, 0) is 44.0 Å². The second-order valence-electron chi connectivity index (χ2n) is 5.06. The number of benzene rings is 1. The molecule has 1 unspecified atom stereocenters. The van der Waals surface area contributed by atoms with Crippen molar-refractivity contribution in [3.63, 3.8) is 0 Å². The van der Waals surface area contributed by atoms with Crippen molar-refractivity contribution in [3.8, 4) is 0 Å². The lowest BCUT2D eigenvalue weighted by Gasteiger charge is -2.26. The molecule has 116 valence electrons. The number of nitrogens with zero attached hydrogens (tertiary/aromatic N) is 1. The van der Waals surface area contributed by atoms with Gasteiger partial charge in [0.1, 0.15) is 0 Å². The number of carboxylic acids is 1. The Morgan fingerprint density at radius 1 is 1.38 bits per heavy atom. The van der Waals surface area contributed by atoms with Gasteiger partial charge in [0.15, 0.2) is 0 Å². The van der Waals surface area contributed by atoms with E-state index in [4.69, 9.17) is 5.11 Å². The molecule has 0 bridgehead atoms. The highest BCUT2D eigenvalue weighted by molar-refractivity contribution is 9.10. The summed E-state index contributed by atoms with van der Waals surface area (Å²) < 4.78 is 0.949. The molecule has 0 aliphatic carbocycles. The van der Waals surface area contributed by atoms with Crippen LogP contribution < -0.4 is 5.32 Å². The molecule has 0 saturated carbocycles. The molecule has 0 fully saturated rings. The Morgan fingerprint density at radius 3 is 2.57 bits per heavy atom. The topological polar surface area (TPSA) is 69.6 Å². The van der Waals surface area contributed by atoms with Crippen LogP contribution in [0.4, 0.5) is 5.69 Å². The summed E-state index contributed by atoms with van der Waals surface area (Å²) in [5.41, 5.74) is 1.69. The summed E-state index contributed by atoms with van der Waals surface area (Å²) in [7, 11) is 0. The van der Waals surface area contributed by atoms with Gasteiger partial charge in [-0.2, -0.15) is 0 Å². The Hall–Kier alpha value is -1.40. The van der Waals surface area contributed by atoms with Crippen LogP contribution in [0, 0.1) is 6.92 Å². The number of aliphatic carboxylic acids is 1. The molecule has 0 aliphatic rings. The highest BCUT2D eigenvalue weighted by Crippen LogP contribution is 2.20. The van der Waals surface area contributed by atoms with Crippen molar-refractivity contribution in [3.05, 3.63) is 28.2 Å². The summed E-state index contributed by atoms with van der Waals surface area (Å²) in [4.78, 5) is 24.6. The fourth-order valence-corrected chi connectivity index (χ4v) is 2.42. The van der Waals surface area contributed by atoms with Crippen molar-refractivity contribution in [1.82, 2.24) is 4.90 Å². The number of hydrogen-bond donors (Lipinski definition) is 2. The lowest BCUT2D eigenvalue weighted by Crippen LogP contribution is -2.42. The maximum absolute atomic E-state index is 12.1. The molecule has 0 heterocycles. The minimum Gasteiger partial charge on any atom is -0.480 e. The third kappa shape index (κ3) is 5.85. The zero-order valence-corrected chi connectivity index (χ0v) is 14.1. The van der Waals surface area contributed by atoms with Crippen LogP contribution in [0.3, 0.4) is 0 Å². The zero-order chi connectivity index (χ0) is 16.0. The van der Waals surface area contributed by atoms with Gasteiger partial charge >= 0.3 is 5.97 Å². The quantitative estimate of drug-likeness (QED) is 0.787. The maximum atomic E-state index is 12.1. The number of halogens is 1. The van der Waals surface area contributed by atoms with E-state index < -0.39 is 5.97 Å². The van der Waals surface area contributed by atoms with E-state index in [9.17, 15) is 9.59 Å². The summed E-state index contributed by atoms with van der Waals surface area (Å²) in [5, 5.41) is 11.8. The molecule has 21 heavy (non-hydrogen) atoms. The zero-order valence-electron chi connectivity index (χ0n) is 12.5. The molecule has 0 radical (unpaired) electrons. The Bertz CT molecular complexity index is 520. The summed E-state index contributed by atoms with van der Waals surface area (Å²) in [5.74, 6) is -1.13. The van der Waals surface area contributed by atoms with Gasteiger partial charge in [-0.15, -0.1) is 0 Å². The molecule has 0 aliphatic heterocycles. The number of carboxylic acid groups (broad SMARTS) is 1. The first kappa shape index (κ1) is 17.7. The van der Waals surface area contributed by atoms with Gasteiger partial charge in [0.05, 0.1) is 13.1 Å². The molecule has 1 amide bonds. The number of nitrogens with one attached hydrogen (secondary N) is 1. The first-order valence-corrected chi connectivity index (χ1v) is 7.64. The van der Waals surface area contributed by atoms with Crippen LogP contribution in [-0.2, 0) is 9.59 Å². The third-order valence-electron chi connectivity index (χ3n) is 3.36. The van der Waals surface area contributed by atoms with Crippen molar-refractivity contribution in [2.75, 3.05) is 18.4 Å². The van der Waals surface area contributed by atoms with E-state index in [0.29, 0.717) is 0 Å². The number of carbonyl (C=O) groups is 2. The van der Waals surface area contributed by atoms with E-state index in [-0.39, 0.29) is 25.0 Å². The Balaban J connectivity index is 2.71. The molecule has 1 aromatic rings. The van der Waals surface area contributed by atoms with E-state index in [2.05, 4.69) is 21.2 Å². The molecule has 0 aromatic heterocycles. The van der Waals surface area contributed by atoms with E-state index >= 15 is 0 Å². The highest BCUT2D eigenvalue weighted by atomic mass is 79.9. The number of carbonyl (C=O) groups excluding carboxylic acids is 1. The minimum atomic E-state index is -0.928. The van der Waals surface area contributed by atoms with Crippen LogP contribution in [0.15, 0.2) is 22.7 Å². The van der Waals surface area contributed by atoms with Crippen molar-refractivity contribution in [1.29, 1.82) is 0 Å². The van der Waals surface area contributed by atoms with Gasteiger partial charge < -0.3 is 10.4 Å². The number of anilines is 1. The molecule has 5 nitrogen and oxygen atoms in total. The summed E-state index contributed by atoms with van der Waals surface area (Å²) >= 11 is 3.37. The predicted molar refractivity (Wildman–Crippen MR) is 86.5 cm³/mol. The number of amides is 1. The first-order valence-electron chi connectivity index (χ1n) is 6.85. The average Bonchev–Trinajstić information content (AvgIpc) is 2.39. The van der Waals surface area contributed by atoms with Gasteiger partial charge in [-0.25, -0.2) is 0 Å². The van der Waals surface area contributed by atoms with Crippen LogP contribution in [0.1, 0.15) is 25.8 Å². The minimum absolute atomic E-state index is 0.0397. The molecule has 1 aromatic carbocycles. The van der Waals surface area contributed by atoms with E-state index in [1.54, 1.807) is 4.90 Å². The standard InChI is InChI=1S/C15H21BrN2O3/c1-4-11(3)18(9-15(20)21)8-14(19)17-13-6-5-12(16)7-10(13)2/h5-7,11H,4,8-9H2,1-3H3,(H,17,19)(H,20,21). The van der Waals surface area contributed by atoms with Crippen molar-refractivity contribution >= 4 is 33.5 Å². The van der Waals surface area contributed by atoms with E-state index in [0.717, 1.165) is 22.1 Å². The fourth-order valence-electron chi connectivity index (χ4n) is 1.94. The van der Waals surface area contributed by atoms with Crippen LogP contribution in [0.25, 0.3) is 0 Å². The molecular formula is C15H21BrN2O3. The normalized spacial score (nSPS) is 12.2. The van der Waals surface area contributed by atoms with Crippen LogP contribution in [0.2, 0.25) is 0 Å². The lowest BCUT2D eigenvalue weighted by atomic mass is 10.2. The molecule has 0 saturated heterocycles. The largest absolute Gasteiger partial charge is 0.480 e. The Kier molecular flexibility index (Phi) is 6.84. The van der Waals surface area contributed by atoms with Gasteiger partial charge in [0.25, 0.3) is 0 Å². The summed E-state index contributed by atoms with van der Waals surface area (Å²) in [6, 6.07) is 5.63. The van der Waals surface area contributed by atoms with Gasteiger partial charge in [-0.3, -0.25) is 14.5 Å². The molecular weight excluding hydrogens is 336 g/mol. The van der Waals surface area contributed by atoms with Crippen molar-refractivity contribution < 1.29 is 14.7 Å².